The maximum absolute atomic E-state index is 5.59. The Kier molecular flexibility index (Phi) is 4.52. The van der Waals surface area contributed by atoms with Crippen LogP contribution in [0.5, 0.6) is 0 Å². The smallest absolute Gasteiger partial charge is 0.128 e. The highest BCUT2D eigenvalue weighted by atomic mass is 15.2. The lowest BCUT2D eigenvalue weighted by molar-refractivity contribution is 0.416. The van der Waals surface area contributed by atoms with Gasteiger partial charge in [0.15, 0.2) is 0 Å². The molecule has 0 radical (unpaired) electrons. The van der Waals surface area contributed by atoms with Crippen LogP contribution >= 0.6 is 0 Å². The first-order valence-corrected chi connectivity index (χ1v) is 5.14. The zero-order valence-corrected chi connectivity index (χ0v) is 9.77. The molecule has 84 valence electrons. The van der Waals surface area contributed by atoms with E-state index in [1.165, 1.54) is 0 Å². The van der Waals surface area contributed by atoms with Crippen molar-refractivity contribution in [1.82, 2.24) is 9.88 Å². The number of hydrogen-bond donors (Lipinski definition) is 1. The molecule has 1 aromatic heterocycles. The monoisotopic (exact) mass is 208 g/mol. The quantitative estimate of drug-likeness (QED) is 0.767. The van der Waals surface area contributed by atoms with Crippen LogP contribution in [-0.2, 0) is 6.54 Å². The van der Waals surface area contributed by atoms with Crippen molar-refractivity contribution < 1.29 is 0 Å². The van der Waals surface area contributed by atoms with Crippen LogP contribution in [0.25, 0.3) is 0 Å². The first kappa shape index (κ1) is 11.9. The van der Waals surface area contributed by atoms with E-state index in [0.29, 0.717) is 6.54 Å². The first-order valence-electron chi connectivity index (χ1n) is 5.14. The van der Waals surface area contributed by atoms with E-state index in [4.69, 9.17) is 5.73 Å². The van der Waals surface area contributed by atoms with Crippen LogP contribution in [0.15, 0.2) is 18.3 Å². The molecule has 0 aliphatic rings. The summed E-state index contributed by atoms with van der Waals surface area (Å²) in [7, 11) is 6.18. The van der Waals surface area contributed by atoms with Gasteiger partial charge in [-0.3, -0.25) is 0 Å². The third-order valence-corrected chi connectivity index (χ3v) is 2.32. The number of rotatable bonds is 5. The van der Waals surface area contributed by atoms with Gasteiger partial charge in [-0.05, 0) is 31.8 Å². The topological polar surface area (TPSA) is 45.4 Å². The number of pyridine rings is 1. The average Bonchev–Trinajstić information content (AvgIpc) is 2.26. The molecule has 0 fully saturated rings. The van der Waals surface area contributed by atoms with Crippen LogP contribution in [0.3, 0.4) is 0 Å². The Bertz CT molecular complexity index is 298. The SMILES string of the molecule is CN(C)CCN(C)c1cc(CN)ccn1. The second-order valence-corrected chi connectivity index (χ2v) is 3.95. The fourth-order valence-electron chi connectivity index (χ4n) is 1.26. The van der Waals surface area contributed by atoms with Gasteiger partial charge >= 0.3 is 0 Å². The third kappa shape index (κ3) is 3.85. The van der Waals surface area contributed by atoms with Gasteiger partial charge in [0, 0.05) is 32.9 Å². The molecule has 1 heterocycles. The molecule has 0 aliphatic heterocycles. The van der Waals surface area contributed by atoms with Gasteiger partial charge in [-0.25, -0.2) is 4.98 Å². The molecule has 0 aliphatic carbocycles. The summed E-state index contributed by atoms with van der Waals surface area (Å²) in [6.07, 6.45) is 1.81. The molecular weight excluding hydrogens is 188 g/mol. The van der Waals surface area contributed by atoms with E-state index < -0.39 is 0 Å². The Morgan fingerprint density at radius 1 is 1.27 bits per heavy atom. The molecule has 4 nitrogen and oxygen atoms in total. The summed E-state index contributed by atoms with van der Waals surface area (Å²) in [5, 5.41) is 0. The van der Waals surface area contributed by atoms with Gasteiger partial charge in [-0.2, -0.15) is 0 Å². The van der Waals surface area contributed by atoms with Crippen molar-refractivity contribution in [1.29, 1.82) is 0 Å². The summed E-state index contributed by atoms with van der Waals surface area (Å²) in [6.45, 7) is 2.55. The minimum atomic E-state index is 0.567. The summed E-state index contributed by atoms with van der Waals surface area (Å²) in [4.78, 5) is 8.61. The Morgan fingerprint density at radius 2 is 2.00 bits per heavy atom. The highest BCUT2D eigenvalue weighted by Gasteiger charge is 2.03. The zero-order valence-electron chi connectivity index (χ0n) is 9.77. The van der Waals surface area contributed by atoms with Crippen LogP contribution in [0, 0.1) is 0 Å². The van der Waals surface area contributed by atoms with Crippen LogP contribution < -0.4 is 10.6 Å². The van der Waals surface area contributed by atoms with E-state index >= 15 is 0 Å². The molecule has 0 aromatic carbocycles. The van der Waals surface area contributed by atoms with E-state index in [1.54, 1.807) is 0 Å². The normalized spacial score (nSPS) is 10.7. The Labute approximate surface area is 91.7 Å². The minimum Gasteiger partial charge on any atom is -0.358 e. The predicted octanol–water partition coefficient (Wildman–Crippen LogP) is 0.538. The van der Waals surface area contributed by atoms with Gasteiger partial charge in [0.2, 0.25) is 0 Å². The van der Waals surface area contributed by atoms with E-state index in [1.807, 2.05) is 25.4 Å². The van der Waals surface area contributed by atoms with Gasteiger partial charge in [0.05, 0.1) is 0 Å². The highest BCUT2D eigenvalue weighted by Crippen LogP contribution is 2.10. The van der Waals surface area contributed by atoms with Crippen LogP contribution in [0.2, 0.25) is 0 Å². The second-order valence-electron chi connectivity index (χ2n) is 3.95. The molecule has 0 spiro atoms. The van der Waals surface area contributed by atoms with Crippen molar-refractivity contribution in [2.75, 3.05) is 39.1 Å². The summed E-state index contributed by atoms with van der Waals surface area (Å²) in [5.41, 5.74) is 6.71. The van der Waals surface area contributed by atoms with Crippen molar-refractivity contribution in [2.45, 2.75) is 6.54 Å². The van der Waals surface area contributed by atoms with Crippen molar-refractivity contribution >= 4 is 5.82 Å². The summed E-state index contributed by atoms with van der Waals surface area (Å²) >= 11 is 0. The summed E-state index contributed by atoms with van der Waals surface area (Å²) in [5.74, 6) is 0.986. The summed E-state index contributed by atoms with van der Waals surface area (Å²) in [6, 6.07) is 3.99. The molecule has 1 rings (SSSR count). The average molecular weight is 208 g/mol. The van der Waals surface area contributed by atoms with E-state index in [2.05, 4.69) is 28.9 Å². The highest BCUT2D eigenvalue weighted by molar-refractivity contribution is 5.39. The lowest BCUT2D eigenvalue weighted by Gasteiger charge is -2.20. The first-order chi connectivity index (χ1) is 7.13. The van der Waals surface area contributed by atoms with Gasteiger partial charge in [0.1, 0.15) is 5.82 Å². The lowest BCUT2D eigenvalue weighted by Crippen LogP contribution is -2.29. The van der Waals surface area contributed by atoms with Gasteiger partial charge in [-0.1, -0.05) is 0 Å². The molecule has 0 atom stereocenters. The van der Waals surface area contributed by atoms with Gasteiger partial charge in [-0.15, -0.1) is 0 Å². The number of anilines is 1. The molecule has 0 saturated carbocycles. The van der Waals surface area contributed by atoms with E-state index in [9.17, 15) is 0 Å². The molecule has 0 bridgehead atoms. The van der Waals surface area contributed by atoms with Crippen molar-refractivity contribution in [3.63, 3.8) is 0 Å². The summed E-state index contributed by atoms with van der Waals surface area (Å²) < 4.78 is 0. The fourth-order valence-corrected chi connectivity index (χ4v) is 1.26. The standard InChI is InChI=1S/C11H20N4/c1-14(2)6-7-15(3)11-8-10(9-12)4-5-13-11/h4-5,8H,6-7,9,12H2,1-3H3. The number of likely N-dealkylation sites (N-methyl/N-ethyl adjacent to an activating group) is 2. The second kappa shape index (κ2) is 5.68. The van der Waals surface area contributed by atoms with Crippen LogP contribution in [0.1, 0.15) is 5.56 Å². The lowest BCUT2D eigenvalue weighted by atomic mass is 10.2. The minimum absolute atomic E-state index is 0.567. The molecule has 0 unspecified atom stereocenters. The number of aromatic nitrogens is 1. The molecule has 0 saturated heterocycles. The molecular formula is C11H20N4. The maximum Gasteiger partial charge on any atom is 0.128 e. The number of hydrogen-bond acceptors (Lipinski definition) is 4. The van der Waals surface area contributed by atoms with Crippen LogP contribution in [0.4, 0.5) is 5.82 Å². The molecule has 1 aromatic rings. The largest absolute Gasteiger partial charge is 0.358 e. The predicted molar refractivity (Wildman–Crippen MR) is 64.0 cm³/mol. The Hall–Kier alpha value is -1.13. The number of nitrogens with two attached hydrogens (primary N) is 1. The molecule has 2 N–H and O–H groups in total. The van der Waals surface area contributed by atoms with E-state index in [-0.39, 0.29) is 0 Å². The van der Waals surface area contributed by atoms with Gasteiger partial charge < -0.3 is 15.5 Å². The third-order valence-electron chi connectivity index (χ3n) is 2.32. The molecule has 4 heteroatoms. The van der Waals surface area contributed by atoms with Gasteiger partial charge in [0.25, 0.3) is 0 Å². The maximum atomic E-state index is 5.59. The van der Waals surface area contributed by atoms with Crippen LogP contribution in [-0.4, -0.2) is 44.1 Å². The number of nitrogens with zero attached hydrogens (tertiary/aromatic N) is 3. The molecule has 0 amide bonds. The van der Waals surface area contributed by atoms with Crippen molar-refractivity contribution in [2.24, 2.45) is 5.73 Å². The zero-order chi connectivity index (χ0) is 11.3. The fraction of sp³-hybridized carbons (Fsp3) is 0.545. The Morgan fingerprint density at radius 3 is 2.60 bits per heavy atom. The molecule has 15 heavy (non-hydrogen) atoms. The Balaban J connectivity index is 2.60. The van der Waals surface area contributed by atoms with Crippen molar-refractivity contribution in [3.8, 4) is 0 Å². The van der Waals surface area contributed by atoms with E-state index in [0.717, 1.165) is 24.5 Å². The van der Waals surface area contributed by atoms with Crippen molar-refractivity contribution in [3.05, 3.63) is 23.9 Å².